The lowest BCUT2D eigenvalue weighted by atomic mass is 10.2. The Bertz CT molecular complexity index is 1150. The molecule has 4 aromatic rings. The molecule has 0 aliphatic carbocycles. The summed E-state index contributed by atoms with van der Waals surface area (Å²) < 4.78 is 0. The summed E-state index contributed by atoms with van der Waals surface area (Å²) >= 11 is 0. The summed E-state index contributed by atoms with van der Waals surface area (Å²) in [5.74, 6) is 0.561. The number of phenols is 1. The first kappa shape index (κ1) is 16.4. The molecule has 0 saturated heterocycles. The zero-order chi connectivity index (χ0) is 18.8. The third-order valence-electron chi connectivity index (χ3n) is 4.00. The number of nitrogens with zero attached hydrogens (tertiary/aromatic N) is 4. The number of pyridine rings is 1. The van der Waals surface area contributed by atoms with E-state index in [4.69, 9.17) is 0 Å². The van der Waals surface area contributed by atoms with E-state index in [1.165, 1.54) is 18.2 Å². The molecule has 0 radical (unpaired) electrons. The van der Waals surface area contributed by atoms with Gasteiger partial charge in [0.2, 0.25) is 0 Å². The Morgan fingerprint density at radius 1 is 0.963 bits per heavy atom. The van der Waals surface area contributed by atoms with E-state index < -0.39 is 4.92 Å². The second-order valence-electron chi connectivity index (χ2n) is 5.70. The van der Waals surface area contributed by atoms with Crippen molar-refractivity contribution in [3.8, 4) is 17.1 Å². The minimum atomic E-state index is -0.560. The van der Waals surface area contributed by atoms with Crippen molar-refractivity contribution in [1.82, 2.24) is 15.0 Å². The second kappa shape index (κ2) is 6.68. The van der Waals surface area contributed by atoms with Crippen molar-refractivity contribution in [2.45, 2.75) is 0 Å². The molecule has 0 saturated carbocycles. The zero-order valence-electron chi connectivity index (χ0n) is 13.9. The van der Waals surface area contributed by atoms with Crippen LogP contribution in [0, 0.1) is 10.1 Å². The van der Waals surface area contributed by atoms with E-state index in [0.29, 0.717) is 22.5 Å². The van der Waals surface area contributed by atoms with E-state index in [1.54, 1.807) is 30.6 Å². The van der Waals surface area contributed by atoms with Crippen molar-refractivity contribution in [2.24, 2.45) is 0 Å². The number of hydrogen-bond acceptors (Lipinski definition) is 7. The lowest BCUT2D eigenvalue weighted by Gasteiger charge is -2.12. The number of aromatic hydroxyl groups is 1. The van der Waals surface area contributed by atoms with Gasteiger partial charge in [-0.2, -0.15) is 0 Å². The van der Waals surface area contributed by atoms with E-state index in [0.717, 1.165) is 5.56 Å². The van der Waals surface area contributed by atoms with Crippen LogP contribution >= 0.6 is 0 Å². The molecule has 8 nitrogen and oxygen atoms in total. The molecule has 2 heterocycles. The van der Waals surface area contributed by atoms with Crippen LogP contribution in [0.25, 0.3) is 22.3 Å². The van der Waals surface area contributed by atoms with Crippen molar-refractivity contribution < 1.29 is 10.0 Å². The predicted molar refractivity (Wildman–Crippen MR) is 101 cm³/mol. The monoisotopic (exact) mass is 359 g/mol. The van der Waals surface area contributed by atoms with Crippen molar-refractivity contribution in [1.29, 1.82) is 0 Å². The summed E-state index contributed by atoms with van der Waals surface area (Å²) in [5.41, 5.74) is 1.15. The minimum Gasteiger partial charge on any atom is -0.505 e. The topological polar surface area (TPSA) is 114 Å². The number of hydrogen-bond donors (Lipinski definition) is 2. The summed E-state index contributed by atoms with van der Waals surface area (Å²) in [7, 11) is 0. The van der Waals surface area contributed by atoms with Crippen molar-refractivity contribution in [2.75, 3.05) is 5.32 Å². The highest BCUT2D eigenvalue weighted by Crippen LogP contribution is 2.37. The van der Waals surface area contributed by atoms with Gasteiger partial charge in [-0.15, -0.1) is 0 Å². The minimum absolute atomic E-state index is 0.0213. The van der Waals surface area contributed by atoms with Crippen LogP contribution in [-0.4, -0.2) is 25.0 Å². The number of nitro groups is 1. The Balaban J connectivity index is 1.91. The maximum absolute atomic E-state index is 11.3. The predicted octanol–water partition coefficient (Wildman–Crippen LogP) is 4.05. The van der Waals surface area contributed by atoms with Gasteiger partial charge in [0.15, 0.2) is 11.5 Å². The molecule has 0 aliphatic heterocycles. The molecule has 2 aromatic heterocycles. The zero-order valence-corrected chi connectivity index (χ0v) is 13.9. The molecule has 2 N–H and O–H groups in total. The highest BCUT2D eigenvalue weighted by Gasteiger charge is 2.19. The van der Waals surface area contributed by atoms with E-state index in [-0.39, 0.29) is 17.1 Å². The van der Waals surface area contributed by atoms with Crippen LogP contribution in [0.5, 0.6) is 5.75 Å². The second-order valence-corrected chi connectivity index (χ2v) is 5.70. The SMILES string of the molecule is O=[N+]([O-])c1cccc(O)c1Nc1nc(-c2ccncc2)nc2ccccc12. The number of phenolic OH excluding ortho intramolecular Hbond substituents is 1. The van der Waals surface area contributed by atoms with E-state index in [9.17, 15) is 15.2 Å². The van der Waals surface area contributed by atoms with Crippen LogP contribution in [0.4, 0.5) is 17.2 Å². The fourth-order valence-electron chi connectivity index (χ4n) is 2.73. The number of anilines is 2. The number of nitro benzene ring substituents is 1. The van der Waals surface area contributed by atoms with E-state index in [1.807, 2.05) is 18.2 Å². The fourth-order valence-corrected chi connectivity index (χ4v) is 2.73. The highest BCUT2D eigenvalue weighted by molar-refractivity contribution is 5.93. The summed E-state index contributed by atoms with van der Waals surface area (Å²) in [6.45, 7) is 0. The Labute approximate surface area is 153 Å². The summed E-state index contributed by atoms with van der Waals surface area (Å²) in [4.78, 5) is 23.8. The number of fused-ring (bicyclic) bond motifs is 1. The van der Waals surface area contributed by atoms with Crippen LogP contribution in [-0.2, 0) is 0 Å². The highest BCUT2D eigenvalue weighted by atomic mass is 16.6. The molecule has 0 amide bonds. The third-order valence-corrected chi connectivity index (χ3v) is 4.00. The molecule has 132 valence electrons. The van der Waals surface area contributed by atoms with Gasteiger partial charge in [0, 0.05) is 29.4 Å². The van der Waals surface area contributed by atoms with E-state index >= 15 is 0 Å². The van der Waals surface area contributed by atoms with Gasteiger partial charge in [-0.1, -0.05) is 18.2 Å². The molecule has 8 heteroatoms. The normalized spacial score (nSPS) is 10.7. The first-order chi connectivity index (χ1) is 13.1. The lowest BCUT2D eigenvalue weighted by Crippen LogP contribution is -2.02. The molecule has 0 fully saturated rings. The molecule has 0 spiro atoms. The summed E-state index contributed by atoms with van der Waals surface area (Å²) in [6, 6.07) is 15.0. The molecule has 4 rings (SSSR count). The van der Waals surface area contributed by atoms with Gasteiger partial charge in [0.05, 0.1) is 10.4 Å². The first-order valence-corrected chi connectivity index (χ1v) is 8.04. The van der Waals surface area contributed by atoms with Gasteiger partial charge >= 0.3 is 0 Å². The largest absolute Gasteiger partial charge is 0.505 e. The van der Waals surface area contributed by atoms with Crippen LogP contribution in [0.3, 0.4) is 0 Å². The summed E-state index contributed by atoms with van der Waals surface area (Å²) in [5, 5.41) is 25.1. The van der Waals surface area contributed by atoms with Crippen molar-refractivity contribution in [3.63, 3.8) is 0 Å². The fraction of sp³-hybridized carbons (Fsp3) is 0. The van der Waals surface area contributed by atoms with Gasteiger partial charge in [-0.25, -0.2) is 9.97 Å². The number of para-hydroxylation sites is 2. The number of nitrogens with one attached hydrogen (secondary N) is 1. The molecule has 0 aliphatic rings. The number of benzene rings is 2. The molecular formula is C19H13N5O3. The smallest absolute Gasteiger partial charge is 0.296 e. The molecule has 27 heavy (non-hydrogen) atoms. The van der Waals surface area contributed by atoms with Gasteiger partial charge in [0.25, 0.3) is 5.69 Å². The van der Waals surface area contributed by atoms with Crippen LogP contribution in [0.15, 0.2) is 67.0 Å². The van der Waals surface area contributed by atoms with Gasteiger partial charge in [-0.05, 0) is 30.3 Å². The molecule has 0 unspecified atom stereocenters. The standard InChI is InChI=1S/C19H13N5O3/c25-16-7-3-6-15(24(26)27)17(16)22-19-13-4-1-2-5-14(13)21-18(23-19)12-8-10-20-11-9-12/h1-11,25H,(H,21,22,23). The number of rotatable bonds is 4. The number of aromatic nitrogens is 3. The maximum atomic E-state index is 11.3. The maximum Gasteiger partial charge on any atom is 0.296 e. The van der Waals surface area contributed by atoms with Gasteiger partial charge < -0.3 is 10.4 Å². The van der Waals surface area contributed by atoms with Crippen LogP contribution in [0.2, 0.25) is 0 Å². The van der Waals surface area contributed by atoms with Gasteiger partial charge in [-0.3, -0.25) is 15.1 Å². The average Bonchev–Trinajstić information content (AvgIpc) is 2.70. The Hall–Kier alpha value is -4.07. The van der Waals surface area contributed by atoms with Gasteiger partial charge in [0.1, 0.15) is 11.6 Å². The molecule has 2 aromatic carbocycles. The molecular weight excluding hydrogens is 346 g/mol. The Morgan fingerprint density at radius 2 is 1.74 bits per heavy atom. The van der Waals surface area contributed by atoms with Crippen LogP contribution in [0.1, 0.15) is 0 Å². The van der Waals surface area contributed by atoms with Crippen molar-refractivity contribution in [3.05, 3.63) is 77.1 Å². The third kappa shape index (κ3) is 3.11. The molecule has 0 bridgehead atoms. The Kier molecular flexibility index (Phi) is 4.06. The first-order valence-electron chi connectivity index (χ1n) is 8.04. The molecule has 0 atom stereocenters. The average molecular weight is 359 g/mol. The van der Waals surface area contributed by atoms with Crippen LogP contribution < -0.4 is 5.32 Å². The van der Waals surface area contributed by atoms with Crippen molar-refractivity contribution >= 4 is 28.1 Å². The quantitative estimate of drug-likeness (QED) is 0.321. The Morgan fingerprint density at radius 3 is 2.52 bits per heavy atom. The summed E-state index contributed by atoms with van der Waals surface area (Å²) in [6.07, 6.45) is 3.27. The van der Waals surface area contributed by atoms with E-state index in [2.05, 4.69) is 20.3 Å². The lowest BCUT2D eigenvalue weighted by molar-refractivity contribution is -0.384.